The summed E-state index contributed by atoms with van der Waals surface area (Å²) in [6, 6.07) is 7.68. The molecule has 1 unspecified atom stereocenters. The number of nitrogens with zero attached hydrogens (tertiary/aromatic N) is 2. The largest absolute Gasteiger partial charge is 0.497 e. The molecule has 0 N–H and O–H groups in total. The lowest BCUT2D eigenvalue weighted by Crippen LogP contribution is -1.92. The first-order chi connectivity index (χ1) is 7.26. The van der Waals surface area contributed by atoms with Crippen molar-refractivity contribution in [2.75, 3.05) is 7.11 Å². The smallest absolute Gasteiger partial charge is 0.119 e. The summed E-state index contributed by atoms with van der Waals surface area (Å²) in [6.45, 7) is 5.67. The molecular formula is C12H16N2O. The number of rotatable bonds is 5. The van der Waals surface area contributed by atoms with Crippen LogP contribution >= 0.6 is 0 Å². The van der Waals surface area contributed by atoms with E-state index in [1.165, 1.54) is 0 Å². The minimum absolute atomic E-state index is 0.185. The Hall–Kier alpha value is -1.64. The van der Waals surface area contributed by atoms with Crippen LogP contribution in [0.5, 0.6) is 5.75 Å². The van der Waals surface area contributed by atoms with E-state index in [-0.39, 0.29) is 6.04 Å². The molecule has 0 saturated carbocycles. The van der Waals surface area contributed by atoms with E-state index in [9.17, 15) is 0 Å². The monoisotopic (exact) mass is 204 g/mol. The average molecular weight is 204 g/mol. The van der Waals surface area contributed by atoms with Crippen molar-refractivity contribution in [3.63, 3.8) is 0 Å². The van der Waals surface area contributed by atoms with Crippen molar-refractivity contribution in [3.05, 3.63) is 36.9 Å². The van der Waals surface area contributed by atoms with Crippen molar-refractivity contribution in [1.29, 1.82) is 0 Å². The summed E-state index contributed by atoms with van der Waals surface area (Å²) in [5.74, 6) is 0.827. The van der Waals surface area contributed by atoms with E-state index in [0.717, 1.165) is 17.9 Å². The van der Waals surface area contributed by atoms with Gasteiger partial charge in [0.15, 0.2) is 0 Å². The fourth-order valence-corrected chi connectivity index (χ4v) is 1.10. The fraction of sp³-hybridized carbons (Fsp3) is 0.333. The van der Waals surface area contributed by atoms with E-state index >= 15 is 0 Å². The molecule has 15 heavy (non-hydrogen) atoms. The standard InChI is InChI=1S/C12H16N2O/c1-4-5-10(2)13-14-11-6-8-12(15-3)9-7-11/h4,6-10H,1,5H2,2-3H3. The molecule has 1 rings (SSSR count). The van der Waals surface area contributed by atoms with Crippen LogP contribution in [-0.2, 0) is 0 Å². The van der Waals surface area contributed by atoms with Crippen LogP contribution in [0.4, 0.5) is 5.69 Å². The van der Waals surface area contributed by atoms with Gasteiger partial charge in [0.1, 0.15) is 5.75 Å². The maximum Gasteiger partial charge on any atom is 0.119 e. The number of ether oxygens (including phenoxy) is 1. The Morgan fingerprint density at radius 1 is 1.40 bits per heavy atom. The molecule has 0 bridgehead atoms. The predicted octanol–water partition coefficient (Wildman–Crippen LogP) is 3.74. The van der Waals surface area contributed by atoms with Crippen LogP contribution in [0.2, 0.25) is 0 Å². The molecule has 0 aliphatic heterocycles. The lowest BCUT2D eigenvalue weighted by atomic mass is 10.2. The van der Waals surface area contributed by atoms with Crippen LogP contribution in [0, 0.1) is 0 Å². The van der Waals surface area contributed by atoms with E-state index < -0.39 is 0 Å². The van der Waals surface area contributed by atoms with Gasteiger partial charge in [0.25, 0.3) is 0 Å². The van der Waals surface area contributed by atoms with Crippen LogP contribution in [-0.4, -0.2) is 13.2 Å². The molecule has 0 fully saturated rings. The molecule has 80 valence electrons. The minimum Gasteiger partial charge on any atom is -0.497 e. The third-order valence-corrected chi connectivity index (χ3v) is 1.95. The molecule has 0 amide bonds. The number of benzene rings is 1. The molecule has 3 nitrogen and oxygen atoms in total. The van der Waals surface area contributed by atoms with Crippen LogP contribution in [0.3, 0.4) is 0 Å². The molecule has 0 heterocycles. The van der Waals surface area contributed by atoms with Gasteiger partial charge >= 0.3 is 0 Å². The maximum atomic E-state index is 5.05. The highest BCUT2D eigenvalue weighted by molar-refractivity contribution is 5.40. The Labute approximate surface area is 90.5 Å². The van der Waals surface area contributed by atoms with Gasteiger partial charge in [0.2, 0.25) is 0 Å². The number of azo groups is 1. The third kappa shape index (κ3) is 3.94. The van der Waals surface area contributed by atoms with Crippen LogP contribution in [0.15, 0.2) is 47.1 Å². The van der Waals surface area contributed by atoms with Gasteiger partial charge in [-0.1, -0.05) is 6.08 Å². The molecular weight excluding hydrogens is 188 g/mol. The van der Waals surface area contributed by atoms with Crippen LogP contribution in [0.25, 0.3) is 0 Å². The highest BCUT2D eigenvalue weighted by Gasteiger charge is 1.95. The van der Waals surface area contributed by atoms with Gasteiger partial charge in [-0.25, -0.2) is 0 Å². The Morgan fingerprint density at radius 2 is 2.07 bits per heavy atom. The van der Waals surface area contributed by atoms with Gasteiger partial charge < -0.3 is 4.74 Å². The second kappa shape index (κ2) is 5.96. The van der Waals surface area contributed by atoms with Gasteiger partial charge in [-0.3, -0.25) is 0 Å². The van der Waals surface area contributed by atoms with E-state index in [0.29, 0.717) is 0 Å². The highest BCUT2D eigenvalue weighted by Crippen LogP contribution is 2.18. The van der Waals surface area contributed by atoms with Gasteiger partial charge in [-0.2, -0.15) is 10.2 Å². The maximum absolute atomic E-state index is 5.05. The summed E-state index contributed by atoms with van der Waals surface area (Å²) >= 11 is 0. The predicted molar refractivity (Wildman–Crippen MR) is 61.8 cm³/mol. The zero-order valence-electron chi connectivity index (χ0n) is 9.18. The summed E-state index contributed by atoms with van der Waals surface area (Å²) < 4.78 is 5.05. The fourth-order valence-electron chi connectivity index (χ4n) is 1.10. The first-order valence-corrected chi connectivity index (χ1v) is 4.92. The highest BCUT2D eigenvalue weighted by atomic mass is 16.5. The van der Waals surface area contributed by atoms with E-state index in [4.69, 9.17) is 4.74 Å². The Balaban J connectivity index is 2.60. The van der Waals surface area contributed by atoms with E-state index in [1.54, 1.807) is 7.11 Å². The minimum atomic E-state index is 0.185. The normalized spacial score (nSPS) is 12.7. The van der Waals surface area contributed by atoms with Crippen LogP contribution in [0.1, 0.15) is 13.3 Å². The van der Waals surface area contributed by atoms with Crippen molar-refractivity contribution in [3.8, 4) is 5.75 Å². The molecule has 0 saturated heterocycles. The zero-order valence-corrected chi connectivity index (χ0v) is 9.18. The number of hydrogen-bond donors (Lipinski definition) is 0. The molecule has 1 atom stereocenters. The van der Waals surface area contributed by atoms with Gasteiger partial charge in [0, 0.05) is 0 Å². The molecule has 1 aromatic rings. The Kier molecular flexibility index (Phi) is 4.54. The summed E-state index contributed by atoms with van der Waals surface area (Å²) in [6.07, 6.45) is 2.69. The first-order valence-electron chi connectivity index (χ1n) is 4.92. The van der Waals surface area contributed by atoms with Crippen LogP contribution < -0.4 is 4.74 Å². The third-order valence-electron chi connectivity index (χ3n) is 1.95. The lowest BCUT2D eigenvalue weighted by Gasteiger charge is -2.00. The molecule has 3 heteroatoms. The van der Waals surface area contributed by atoms with Crippen molar-refractivity contribution < 1.29 is 4.74 Å². The quantitative estimate of drug-likeness (QED) is 0.531. The van der Waals surface area contributed by atoms with Crippen molar-refractivity contribution in [2.24, 2.45) is 10.2 Å². The van der Waals surface area contributed by atoms with Crippen molar-refractivity contribution in [2.45, 2.75) is 19.4 Å². The van der Waals surface area contributed by atoms with Gasteiger partial charge in [0.05, 0.1) is 18.8 Å². The van der Waals surface area contributed by atoms with Crippen molar-refractivity contribution in [1.82, 2.24) is 0 Å². The number of methoxy groups -OCH3 is 1. The SMILES string of the molecule is C=CCC(C)N=Nc1ccc(OC)cc1. The molecule has 0 aliphatic rings. The molecule has 1 aromatic carbocycles. The summed E-state index contributed by atoms with van der Waals surface area (Å²) in [7, 11) is 1.64. The average Bonchev–Trinajstić information content (AvgIpc) is 2.27. The van der Waals surface area contributed by atoms with Gasteiger partial charge in [-0.15, -0.1) is 6.58 Å². The second-order valence-corrected chi connectivity index (χ2v) is 3.29. The summed E-state index contributed by atoms with van der Waals surface area (Å²) in [4.78, 5) is 0. The number of hydrogen-bond acceptors (Lipinski definition) is 3. The topological polar surface area (TPSA) is 34.0 Å². The lowest BCUT2D eigenvalue weighted by molar-refractivity contribution is 0.415. The second-order valence-electron chi connectivity index (χ2n) is 3.29. The molecule has 0 aliphatic carbocycles. The van der Waals surface area contributed by atoms with Crippen molar-refractivity contribution >= 4 is 5.69 Å². The van der Waals surface area contributed by atoms with Gasteiger partial charge in [-0.05, 0) is 37.6 Å². The molecule has 0 radical (unpaired) electrons. The van der Waals surface area contributed by atoms with E-state index in [2.05, 4.69) is 16.8 Å². The summed E-state index contributed by atoms with van der Waals surface area (Å²) in [5, 5.41) is 8.27. The Bertz CT molecular complexity index is 330. The molecule has 0 spiro atoms. The summed E-state index contributed by atoms with van der Waals surface area (Å²) in [5.41, 5.74) is 0.840. The molecule has 0 aromatic heterocycles. The zero-order chi connectivity index (χ0) is 11.1. The first kappa shape index (κ1) is 11.4. The van der Waals surface area contributed by atoms with E-state index in [1.807, 2.05) is 37.3 Å². The Morgan fingerprint density at radius 3 is 2.60 bits per heavy atom.